The van der Waals surface area contributed by atoms with Gasteiger partial charge >= 0.3 is 0 Å². The lowest BCUT2D eigenvalue weighted by Crippen LogP contribution is -2.30. The monoisotopic (exact) mass is 403 g/mol. The normalized spacial score (nSPS) is 12.7. The molecular formula is C21H19ClFNO2S. The molecule has 0 saturated heterocycles. The molecular weight excluding hydrogens is 385 g/mol. The lowest BCUT2D eigenvalue weighted by Gasteiger charge is -2.20. The highest BCUT2D eigenvalue weighted by atomic mass is 35.5. The van der Waals surface area contributed by atoms with E-state index in [4.69, 9.17) is 11.6 Å². The van der Waals surface area contributed by atoms with Gasteiger partial charge in [0, 0.05) is 10.6 Å². The van der Waals surface area contributed by atoms with E-state index in [0.29, 0.717) is 0 Å². The first-order valence-corrected chi connectivity index (χ1v) is 10.4. The van der Waals surface area contributed by atoms with Crippen LogP contribution < -0.4 is 4.72 Å². The maximum absolute atomic E-state index is 14.0. The molecule has 0 amide bonds. The smallest absolute Gasteiger partial charge is 0.212 e. The van der Waals surface area contributed by atoms with E-state index >= 15 is 0 Å². The summed E-state index contributed by atoms with van der Waals surface area (Å²) >= 11 is 5.99. The van der Waals surface area contributed by atoms with E-state index in [9.17, 15) is 12.8 Å². The summed E-state index contributed by atoms with van der Waals surface area (Å²) in [7, 11) is -3.86. The van der Waals surface area contributed by atoms with Crippen molar-refractivity contribution in [3.63, 3.8) is 0 Å². The van der Waals surface area contributed by atoms with Gasteiger partial charge in [0.15, 0.2) is 0 Å². The maximum atomic E-state index is 14.0. The van der Waals surface area contributed by atoms with Crippen molar-refractivity contribution in [1.82, 2.24) is 4.72 Å². The Balaban J connectivity index is 1.95. The van der Waals surface area contributed by atoms with Crippen molar-refractivity contribution in [1.29, 1.82) is 0 Å². The Morgan fingerprint density at radius 2 is 1.56 bits per heavy atom. The van der Waals surface area contributed by atoms with Crippen molar-refractivity contribution in [2.45, 2.75) is 18.7 Å². The van der Waals surface area contributed by atoms with Gasteiger partial charge in [0.25, 0.3) is 0 Å². The van der Waals surface area contributed by atoms with E-state index in [0.717, 1.165) is 16.7 Å². The number of rotatable bonds is 6. The molecule has 3 aromatic carbocycles. The van der Waals surface area contributed by atoms with Crippen LogP contribution in [0.5, 0.6) is 0 Å². The van der Waals surface area contributed by atoms with E-state index in [1.165, 1.54) is 18.2 Å². The first-order valence-electron chi connectivity index (χ1n) is 8.40. The van der Waals surface area contributed by atoms with E-state index < -0.39 is 27.6 Å². The molecule has 0 saturated carbocycles. The van der Waals surface area contributed by atoms with Gasteiger partial charge in [0.05, 0.1) is 11.8 Å². The Morgan fingerprint density at radius 1 is 0.926 bits per heavy atom. The standard InChI is InChI=1S/C21H19ClFNO2S/c1-15-10-12-17(13-11-15)21(16-6-3-2-4-7-16)24-27(25,26)14-18-19(22)8-5-9-20(18)23/h2-13,21,24H,14H2,1H3/t21-/m1/s1. The third kappa shape index (κ3) is 4.95. The molecule has 0 fully saturated rings. The van der Waals surface area contributed by atoms with E-state index in [1.807, 2.05) is 61.5 Å². The number of hydrogen-bond acceptors (Lipinski definition) is 2. The quantitative estimate of drug-likeness (QED) is 0.629. The molecule has 0 aromatic heterocycles. The van der Waals surface area contributed by atoms with Gasteiger partial charge in [0.2, 0.25) is 10.0 Å². The highest BCUT2D eigenvalue weighted by molar-refractivity contribution is 7.88. The average Bonchev–Trinajstić information content (AvgIpc) is 2.65. The highest BCUT2D eigenvalue weighted by Gasteiger charge is 2.23. The SMILES string of the molecule is Cc1ccc([C@H](NS(=O)(=O)Cc2c(F)cccc2Cl)c2ccccc2)cc1. The number of nitrogens with one attached hydrogen (secondary N) is 1. The zero-order valence-electron chi connectivity index (χ0n) is 14.7. The summed E-state index contributed by atoms with van der Waals surface area (Å²) in [6.45, 7) is 1.96. The topological polar surface area (TPSA) is 46.2 Å². The second-order valence-electron chi connectivity index (χ2n) is 6.33. The van der Waals surface area contributed by atoms with Crippen LogP contribution >= 0.6 is 11.6 Å². The average molecular weight is 404 g/mol. The van der Waals surface area contributed by atoms with E-state index in [1.54, 1.807) is 0 Å². The molecule has 0 aliphatic carbocycles. The Morgan fingerprint density at radius 3 is 2.19 bits per heavy atom. The van der Waals surface area contributed by atoms with Crippen molar-refractivity contribution in [3.05, 3.63) is 106 Å². The minimum atomic E-state index is -3.86. The number of hydrogen-bond donors (Lipinski definition) is 1. The third-order valence-corrected chi connectivity index (χ3v) is 5.85. The third-order valence-electron chi connectivity index (χ3n) is 4.24. The second-order valence-corrected chi connectivity index (χ2v) is 8.49. The van der Waals surface area contributed by atoms with E-state index in [2.05, 4.69) is 4.72 Å². The fraction of sp³-hybridized carbons (Fsp3) is 0.143. The molecule has 3 rings (SSSR count). The summed E-state index contributed by atoms with van der Waals surface area (Å²) in [5.41, 5.74) is 2.63. The molecule has 0 aliphatic rings. The van der Waals surface area contributed by atoms with Crippen molar-refractivity contribution in [3.8, 4) is 0 Å². The lowest BCUT2D eigenvalue weighted by molar-refractivity contribution is 0.566. The highest BCUT2D eigenvalue weighted by Crippen LogP contribution is 2.26. The number of benzene rings is 3. The van der Waals surface area contributed by atoms with Crippen LogP contribution in [0.1, 0.15) is 28.3 Å². The number of halogens is 2. The first-order chi connectivity index (χ1) is 12.9. The van der Waals surface area contributed by atoms with Crippen molar-refractivity contribution in [2.75, 3.05) is 0 Å². The summed E-state index contributed by atoms with van der Waals surface area (Å²) in [6, 6.07) is 20.4. The Hall–Kier alpha value is -2.21. The number of sulfonamides is 1. The molecule has 0 radical (unpaired) electrons. The van der Waals surface area contributed by atoms with Gasteiger partial charge in [0.1, 0.15) is 5.82 Å². The van der Waals surface area contributed by atoms with Crippen LogP contribution in [0.25, 0.3) is 0 Å². The zero-order chi connectivity index (χ0) is 19.4. The van der Waals surface area contributed by atoms with Crippen LogP contribution in [0.4, 0.5) is 4.39 Å². The van der Waals surface area contributed by atoms with Crippen LogP contribution in [0.2, 0.25) is 5.02 Å². The summed E-state index contributed by atoms with van der Waals surface area (Å²) in [4.78, 5) is 0. The molecule has 0 aliphatic heterocycles. The van der Waals surface area contributed by atoms with Gasteiger partial charge in [-0.25, -0.2) is 17.5 Å². The Labute approximate surface area is 163 Å². The Kier molecular flexibility index (Phi) is 5.95. The molecule has 27 heavy (non-hydrogen) atoms. The summed E-state index contributed by atoms with van der Waals surface area (Å²) < 4.78 is 42.3. The van der Waals surface area contributed by atoms with Crippen molar-refractivity contribution >= 4 is 21.6 Å². The molecule has 140 valence electrons. The van der Waals surface area contributed by atoms with Crippen LogP contribution in [-0.2, 0) is 15.8 Å². The molecule has 3 aromatic rings. The van der Waals surface area contributed by atoms with Crippen LogP contribution in [0.3, 0.4) is 0 Å². The number of aryl methyl sites for hydroxylation is 1. The molecule has 0 unspecified atom stereocenters. The minimum Gasteiger partial charge on any atom is -0.212 e. The van der Waals surface area contributed by atoms with Gasteiger partial charge in [-0.1, -0.05) is 77.8 Å². The summed E-state index contributed by atoms with van der Waals surface area (Å²) in [5.74, 6) is -1.17. The van der Waals surface area contributed by atoms with Gasteiger partial charge in [-0.3, -0.25) is 0 Å². The van der Waals surface area contributed by atoms with E-state index in [-0.39, 0.29) is 10.6 Å². The minimum absolute atomic E-state index is 0.0395. The van der Waals surface area contributed by atoms with Crippen LogP contribution in [-0.4, -0.2) is 8.42 Å². The predicted octanol–water partition coefficient (Wildman–Crippen LogP) is 5.00. The lowest BCUT2D eigenvalue weighted by atomic mass is 9.99. The fourth-order valence-corrected chi connectivity index (χ4v) is 4.51. The predicted molar refractivity (Wildman–Crippen MR) is 107 cm³/mol. The van der Waals surface area contributed by atoms with Crippen molar-refractivity contribution in [2.24, 2.45) is 0 Å². The fourth-order valence-electron chi connectivity index (χ4n) is 2.81. The molecule has 0 heterocycles. The second kappa shape index (κ2) is 8.21. The molecule has 1 atom stereocenters. The molecule has 0 bridgehead atoms. The van der Waals surface area contributed by atoms with Gasteiger partial charge < -0.3 is 0 Å². The van der Waals surface area contributed by atoms with Gasteiger partial charge in [-0.2, -0.15) is 0 Å². The van der Waals surface area contributed by atoms with Gasteiger partial charge in [-0.15, -0.1) is 0 Å². The summed E-state index contributed by atoms with van der Waals surface area (Å²) in [5, 5.41) is 0.0898. The summed E-state index contributed by atoms with van der Waals surface area (Å²) in [6.07, 6.45) is 0. The molecule has 3 nitrogen and oxygen atoms in total. The zero-order valence-corrected chi connectivity index (χ0v) is 16.3. The Bertz CT molecular complexity index is 1000. The van der Waals surface area contributed by atoms with Crippen LogP contribution in [0, 0.1) is 12.7 Å². The molecule has 1 N–H and O–H groups in total. The first kappa shape index (κ1) is 19.5. The van der Waals surface area contributed by atoms with Gasteiger partial charge in [-0.05, 0) is 30.2 Å². The largest absolute Gasteiger partial charge is 0.216 e. The maximum Gasteiger partial charge on any atom is 0.216 e. The molecule has 0 spiro atoms. The van der Waals surface area contributed by atoms with Crippen LogP contribution in [0.15, 0.2) is 72.8 Å². The van der Waals surface area contributed by atoms with Crippen molar-refractivity contribution < 1.29 is 12.8 Å². The molecule has 6 heteroatoms.